The van der Waals surface area contributed by atoms with Crippen LogP contribution in [0.2, 0.25) is 0 Å². The maximum absolute atomic E-state index is 13.0. The Morgan fingerprint density at radius 2 is 1.75 bits per heavy atom. The second-order valence-electron chi connectivity index (χ2n) is 7.04. The van der Waals surface area contributed by atoms with E-state index in [0.29, 0.717) is 59.6 Å². The van der Waals surface area contributed by atoms with Crippen LogP contribution in [0.4, 0.5) is 0 Å². The normalized spacial score (nSPS) is 10.7. The van der Waals surface area contributed by atoms with E-state index in [1.807, 2.05) is 24.3 Å². The fourth-order valence-electron chi connectivity index (χ4n) is 3.25. The van der Waals surface area contributed by atoms with Crippen molar-refractivity contribution in [3.05, 3.63) is 84.1 Å². The van der Waals surface area contributed by atoms with Gasteiger partial charge < -0.3 is 23.3 Å². The van der Waals surface area contributed by atoms with E-state index in [1.54, 1.807) is 61.8 Å². The predicted octanol–water partition coefficient (Wildman–Crippen LogP) is 4.23. The van der Waals surface area contributed by atoms with Gasteiger partial charge in [-0.05, 0) is 36.4 Å². The standard InChI is InChI=1S/C24H23N3O5/c1-29-20-13-18(14-21(15-20)30-2)23-25-22(32-26-23)10-11-27(16-19-9-6-12-31-19)24(28)17-7-4-3-5-8-17/h3-9,12-15H,10-11,16H2,1-2H3. The average molecular weight is 433 g/mol. The zero-order valence-electron chi connectivity index (χ0n) is 17.9. The molecule has 8 nitrogen and oxygen atoms in total. The highest BCUT2D eigenvalue weighted by Crippen LogP contribution is 2.28. The molecule has 0 radical (unpaired) electrons. The SMILES string of the molecule is COc1cc(OC)cc(-c2noc(CCN(Cc3ccco3)C(=O)c3ccccc3)n2)c1. The first kappa shape index (κ1) is 21.2. The molecule has 0 fully saturated rings. The molecule has 0 bridgehead atoms. The van der Waals surface area contributed by atoms with Gasteiger partial charge in [0.05, 0.1) is 27.0 Å². The van der Waals surface area contributed by atoms with Crippen molar-refractivity contribution in [2.75, 3.05) is 20.8 Å². The van der Waals surface area contributed by atoms with Gasteiger partial charge in [-0.1, -0.05) is 23.4 Å². The Labute approximate surface area is 185 Å². The molecule has 0 saturated heterocycles. The minimum atomic E-state index is -0.0979. The first-order chi connectivity index (χ1) is 15.7. The van der Waals surface area contributed by atoms with Crippen LogP contribution in [-0.4, -0.2) is 41.7 Å². The topological polar surface area (TPSA) is 90.8 Å². The Bertz CT molecular complexity index is 1130. The summed E-state index contributed by atoms with van der Waals surface area (Å²) in [6.07, 6.45) is 1.99. The van der Waals surface area contributed by atoms with E-state index in [1.165, 1.54) is 0 Å². The van der Waals surface area contributed by atoms with E-state index < -0.39 is 0 Å². The second-order valence-corrected chi connectivity index (χ2v) is 7.04. The number of hydrogen-bond donors (Lipinski definition) is 0. The molecular formula is C24H23N3O5. The third-order valence-electron chi connectivity index (χ3n) is 4.91. The zero-order valence-corrected chi connectivity index (χ0v) is 17.9. The molecule has 0 N–H and O–H groups in total. The molecule has 0 aliphatic rings. The summed E-state index contributed by atoms with van der Waals surface area (Å²) in [6.45, 7) is 0.728. The minimum Gasteiger partial charge on any atom is -0.497 e. The molecule has 0 aliphatic heterocycles. The van der Waals surface area contributed by atoms with Gasteiger partial charge in [0.2, 0.25) is 11.7 Å². The largest absolute Gasteiger partial charge is 0.497 e. The van der Waals surface area contributed by atoms with E-state index in [0.717, 1.165) is 0 Å². The zero-order chi connectivity index (χ0) is 22.3. The number of aromatic nitrogens is 2. The van der Waals surface area contributed by atoms with Gasteiger partial charge >= 0.3 is 0 Å². The Morgan fingerprint density at radius 3 is 2.41 bits per heavy atom. The number of nitrogens with zero attached hydrogens (tertiary/aromatic N) is 3. The van der Waals surface area contributed by atoms with Crippen LogP contribution in [0.5, 0.6) is 11.5 Å². The van der Waals surface area contributed by atoms with E-state index in [9.17, 15) is 4.79 Å². The number of amides is 1. The quantitative estimate of drug-likeness (QED) is 0.390. The van der Waals surface area contributed by atoms with E-state index in [-0.39, 0.29) is 5.91 Å². The monoisotopic (exact) mass is 433 g/mol. The fourth-order valence-corrected chi connectivity index (χ4v) is 3.25. The third kappa shape index (κ3) is 4.97. The smallest absolute Gasteiger partial charge is 0.254 e. The van der Waals surface area contributed by atoms with Crippen molar-refractivity contribution < 1.29 is 23.2 Å². The van der Waals surface area contributed by atoms with Crippen molar-refractivity contribution in [2.45, 2.75) is 13.0 Å². The van der Waals surface area contributed by atoms with Gasteiger partial charge in [0.1, 0.15) is 17.3 Å². The molecule has 2 aromatic carbocycles. The van der Waals surface area contributed by atoms with Crippen LogP contribution in [0.25, 0.3) is 11.4 Å². The van der Waals surface area contributed by atoms with Crippen LogP contribution in [-0.2, 0) is 13.0 Å². The molecule has 0 saturated carbocycles. The number of furan rings is 1. The van der Waals surface area contributed by atoms with Crippen LogP contribution in [0.3, 0.4) is 0 Å². The van der Waals surface area contributed by atoms with Gasteiger partial charge in [0.15, 0.2) is 0 Å². The summed E-state index contributed by atoms with van der Waals surface area (Å²) in [6, 6.07) is 18.2. The summed E-state index contributed by atoms with van der Waals surface area (Å²) in [5.41, 5.74) is 1.32. The van der Waals surface area contributed by atoms with Crippen molar-refractivity contribution in [1.29, 1.82) is 0 Å². The summed E-state index contributed by atoms with van der Waals surface area (Å²) in [4.78, 5) is 19.2. The third-order valence-corrected chi connectivity index (χ3v) is 4.91. The molecule has 4 aromatic rings. The molecule has 0 aliphatic carbocycles. The summed E-state index contributed by atoms with van der Waals surface area (Å²) >= 11 is 0. The minimum absolute atomic E-state index is 0.0979. The molecule has 0 unspecified atom stereocenters. The number of methoxy groups -OCH3 is 2. The first-order valence-electron chi connectivity index (χ1n) is 10.1. The van der Waals surface area contributed by atoms with Crippen molar-refractivity contribution in [3.63, 3.8) is 0 Å². The maximum Gasteiger partial charge on any atom is 0.254 e. The van der Waals surface area contributed by atoms with Gasteiger partial charge in [-0.25, -0.2) is 0 Å². The Kier molecular flexibility index (Phi) is 6.50. The van der Waals surface area contributed by atoms with Crippen LogP contribution in [0.15, 0.2) is 75.9 Å². The van der Waals surface area contributed by atoms with Crippen LogP contribution >= 0.6 is 0 Å². The van der Waals surface area contributed by atoms with Gasteiger partial charge in [-0.2, -0.15) is 4.98 Å². The van der Waals surface area contributed by atoms with Crippen molar-refractivity contribution in [2.24, 2.45) is 0 Å². The molecule has 0 spiro atoms. The lowest BCUT2D eigenvalue weighted by atomic mass is 10.2. The van der Waals surface area contributed by atoms with Gasteiger partial charge in [0, 0.05) is 30.2 Å². The predicted molar refractivity (Wildman–Crippen MR) is 116 cm³/mol. The molecule has 2 aromatic heterocycles. The highest BCUT2D eigenvalue weighted by molar-refractivity contribution is 5.94. The molecule has 1 amide bonds. The van der Waals surface area contributed by atoms with Gasteiger partial charge in [0.25, 0.3) is 5.91 Å². The average Bonchev–Trinajstić information content (AvgIpc) is 3.53. The highest BCUT2D eigenvalue weighted by Gasteiger charge is 2.19. The highest BCUT2D eigenvalue weighted by atomic mass is 16.5. The molecule has 32 heavy (non-hydrogen) atoms. The van der Waals surface area contributed by atoms with Crippen LogP contribution in [0, 0.1) is 0 Å². The van der Waals surface area contributed by atoms with Crippen molar-refractivity contribution >= 4 is 5.91 Å². The number of carbonyl (C=O) groups excluding carboxylic acids is 1. The van der Waals surface area contributed by atoms with E-state index in [4.69, 9.17) is 18.4 Å². The van der Waals surface area contributed by atoms with Crippen molar-refractivity contribution in [3.8, 4) is 22.9 Å². The molecule has 2 heterocycles. The number of ether oxygens (including phenoxy) is 2. The molecule has 4 rings (SSSR count). The Morgan fingerprint density at radius 1 is 1.00 bits per heavy atom. The summed E-state index contributed by atoms with van der Waals surface area (Å²) in [5.74, 6) is 2.70. The van der Waals surface area contributed by atoms with Crippen molar-refractivity contribution in [1.82, 2.24) is 15.0 Å². The van der Waals surface area contributed by atoms with Crippen LogP contribution < -0.4 is 9.47 Å². The number of carbonyl (C=O) groups is 1. The number of hydrogen-bond acceptors (Lipinski definition) is 7. The molecule has 0 atom stereocenters. The van der Waals surface area contributed by atoms with Gasteiger partial charge in [-0.3, -0.25) is 4.79 Å². The molecule has 164 valence electrons. The fraction of sp³-hybridized carbons (Fsp3) is 0.208. The summed E-state index contributed by atoms with van der Waals surface area (Å²) < 4.78 is 21.5. The lowest BCUT2D eigenvalue weighted by Crippen LogP contribution is -2.32. The first-order valence-corrected chi connectivity index (χ1v) is 10.1. The summed E-state index contributed by atoms with van der Waals surface area (Å²) in [7, 11) is 3.16. The summed E-state index contributed by atoms with van der Waals surface area (Å²) in [5, 5.41) is 4.07. The number of benzene rings is 2. The lowest BCUT2D eigenvalue weighted by molar-refractivity contribution is 0.0730. The van der Waals surface area contributed by atoms with Gasteiger partial charge in [-0.15, -0.1) is 0 Å². The van der Waals surface area contributed by atoms with E-state index >= 15 is 0 Å². The number of rotatable bonds is 9. The second kappa shape index (κ2) is 9.82. The molecular weight excluding hydrogens is 410 g/mol. The Hall–Kier alpha value is -4.07. The molecule has 8 heteroatoms. The lowest BCUT2D eigenvalue weighted by Gasteiger charge is -2.21. The van der Waals surface area contributed by atoms with E-state index in [2.05, 4.69) is 10.1 Å². The maximum atomic E-state index is 13.0. The Balaban J connectivity index is 1.50. The van der Waals surface area contributed by atoms with Crippen LogP contribution in [0.1, 0.15) is 22.0 Å².